The number of methoxy groups -OCH3 is 1. The van der Waals surface area contributed by atoms with Gasteiger partial charge in [-0.05, 0) is 59.1 Å². The standard InChI is InChI=1S/C25H22N4O6S/c1-32-18-7-4-16(5-8-18)13-29(25(31)19-14-36-28-27-19)23(21-3-2-10-33-21)24(30)26-12-17-6-9-20-22(11-17)35-15-34-20/h2-11,14,23H,12-13,15H2,1H3,(H,26,30). The lowest BCUT2D eigenvalue weighted by molar-refractivity contribution is -0.126. The molecule has 1 atom stereocenters. The Hall–Kier alpha value is -4.38. The van der Waals surface area contributed by atoms with Crippen molar-refractivity contribution in [2.24, 2.45) is 0 Å². The number of nitrogens with one attached hydrogen (secondary N) is 1. The Bertz CT molecular complexity index is 1330. The van der Waals surface area contributed by atoms with Crippen molar-refractivity contribution in [1.82, 2.24) is 19.8 Å². The van der Waals surface area contributed by atoms with E-state index in [1.54, 1.807) is 42.8 Å². The SMILES string of the molecule is COc1ccc(CN(C(=O)c2csnn2)C(C(=O)NCc2ccc3c(c2)OCO3)c2ccco2)cc1. The molecule has 0 saturated heterocycles. The number of rotatable bonds is 9. The molecule has 0 bridgehead atoms. The van der Waals surface area contributed by atoms with Crippen LogP contribution in [0, 0.1) is 0 Å². The average Bonchev–Trinajstić information content (AvgIpc) is 3.69. The predicted molar refractivity (Wildman–Crippen MR) is 129 cm³/mol. The number of benzene rings is 2. The van der Waals surface area contributed by atoms with Gasteiger partial charge in [0.05, 0.1) is 13.4 Å². The van der Waals surface area contributed by atoms with Crippen LogP contribution in [0.2, 0.25) is 0 Å². The average molecular weight is 507 g/mol. The number of hydrogen-bond donors (Lipinski definition) is 1. The summed E-state index contributed by atoms with van der Waals surface area (Å²) >= 11 is 1.06. The van der Waals surface area contributed by atoms with E-state index in [9.17, 15) is 9.59 Å². The molecule has 2 aromatic carbocycles. The van der Waals surface area contributed by atoms with Gasteiger partial charge in [-0.15, -0.1) is 5.10 Å². The third-order valence-corrected chi connectivity index (χ3v) is 6.13. The van der Waals surface area contributed by atoms with Crippen LogP contribution in [0.3, 0.4) is 0 Å². The van der Waals surface area contributed by atoms with Crippen molar-refractivity contribution >= 4 is 23.3 Å². The fraction of sp³-hybridized carbons (Fsp3) is 0.200. The minimum Gasteiger partial charge on any atom is -0.497 e. The molecule has 3 heterocycles. The zero-order valence-corrected chi connectivity index (χ0v) is 20.1. The molecule has 2 aromatic heterocycles. The molecule has 184 valence electrons. The second-order valence-corrected chi connectivity index (χ2v) is 8.50. The van der Waals surface area contributed by atoms with Crippen molar-refractivity contribution in [2.45, 2.75) is 19.1 Å². The third-order valence-electron chi connectivity index (χ3n) is 5.63. The molecule has 5 rings (SSSR count). The molecule has 10 nitrogen and oxygen atoms in total. The summed E-state index contributed by atoms with van der Waals surface area (Å²) in [4.78, 5) is 28.5. The molecule has 1 unspecified atom stereocenters. The van der Waals surface area contributed by atoms with Gasteiger partial charge >= 0.3 is 0 Å². The van der Waals surface area contributed by atoms with E-state index in [1.807, 2.05) is 24.3 Å². The molecule has 36 heavy (non-hydrogen) atoms. The molecule has 0 radical (unpaired) electrons. The van der Waals surface area contributed by atoms with Crippen LogP contribution in [-0.4, -0.2) is 40.2 Å². The number of nitrogens with zero attached hydrogens (tertiary/aromatic N) is 3. The van der Waals surface area contributed by atoms with E-state index in [-0.39, 0.29) is 25.6 Å². The van der Waals surface area contributed by atoms with Crippen molar-refractivity contribution < 1.29 is 28.2 Å². The zero-order valence-electron chi connectivity index (χ0n) is 19.2. The molecule has 2 amide bonds. The topological polar surface area (TPSA) is 116 Å². The van der Waals surface area contributed by atoms with Gasteiger partial charge in [-0.3, -0.25) is 9.59 Å². The van der Waals surface area contributed by atoms with Gasteiger partial charge in [0.25, 0.3) is 11.8 Å². The maximum Gasteiger partial charge on any atom is 0.276 e. The van der Waals surface area contributed by atoms with Gasteiger partial charge in [-0.25, -0.2) is 0 Å². The Morgan fingerprint density at radius 2 is 1.92 bits per heavy atom. The van der Waals surface area contributed by atoms with Crippen molar-refractivity contribution in [3.8, 4) is 17.2 Å². The molecule has 1 aliphatic heterocycles. The lowest BCUT2D eigenvalue weighted by Crippen LogP contribution is -2.43. The minimum absolute atomic E-state index is 0.128. The van der Waals surface area contributed by atoms with Gasteiger partial charge in [-0.1, -0.05) is 22.7 Å². The summed E-state index contributed by atoms with van der Waals surface area (Å²) in [6.07, 6.45) is 1.47. The summed E-state index contributed by atoms with van der Waals surface area (Å²) in [5, 5.41) is 8.39. The molecule has 0 fully saturated rings. The summed E-state index contributed by atoms with van der Waals surface area (Å²) in [7, 11) is 1.58. The van der Waals surface area contributed by atoms with E-state index in [2.05, 4.69) is 14.9 Å². The highest BCUT2D eigenvalue weighted by molar-refractivity contribution is 7.03. The number of ether oxygens (including phenoxy) is 3. The summed E-state index contributed by atoms with van der Waals surface area (Å²) < 4.78 is 25.4. The monoisotopic (exact) mass is 506 g/mol. The summed E-state index contributed by atoms with van der Waals surface area (Å²) in [6.45, 7) is 0.512. The van der Waals surface area contributed by atoms with Crippen LogP contribution < -0.4 is 19.5 Å². The first-order valence-electron chi connectivity index (χ1n) is 11.0. The minimum atomic E-state index is -1.05. The number of carbonyl (C=O) groups is 2. The summed E-state index contributed by atoms with van der Waals surface area (Å²) in [5.41, 5.74) is 1.77. The van der Waals surface area contributed by atoms with Gasteiger partial charge < -0.3 is 28.8 Å². The molecule has 1 N–H and O–H groups in total. The summed E-state index contributed by atoms with van der Waals surface area (Å²) in [6, 6.07) is 15.0. The molecule has 1 aliphatic rings. The first kappa shape index (κ1) is 23.4. The van der Waals surface area contributed by atoms with E-state index in [4.69, 9.17) is 18.6 Å². The smallest absolute Gasteiger partial charge is 0.276 e. The molecule has 4 aromatic rings. The van der Waals surface area contributed by atoms with Crippen LogP contribution in [0.4, 0.5) is 0 Å². The Morgan fingerprint density at radius 3 is 2.64 bits per heavy atom. The van der Waals surface area contributed by atoms with E-state index in [1.165, 1.54) is 11.2 Å². The van der Waals surface area contributed by atoms with Crippen LogP contribution in [0.1, 0.15) is 33.4 Å². The Balaban J connectivity index is 1.43. The molecule has 0 saturated carbocycles. The molecule has 0 spiro atoms. The van der Waals surface area contributed by atoms with Crippen LogP contribution in [0.15, 0.2) is 70.7 Å². The zero-order chi connectivity index (χ0) is 24.9. The van der Waals surface area contributed by atoms with Crippen molar-refractivity contribution in [3.05, 3.63) is 88.8 Å². The van der Waals surface area contributed by atoms with Gasteiger partial charge in [0, 0.05) is 18.5 Å². The van der Waals surface area contributed by atoms with Crippen molar-refractivity contribution in [1.29, 1.82) is 0 Å². The van der Waals surface area contributed by atoms with Gasteiger partial charge in [-0.2, -0.15) is 0 Å². The highest BCUT2D eigenvalue weighted by Crippen LogP contribution is 2.33. The second kappa shape index (κ2) is 10.5. The van der Waals surface area contributed by atoms with Gasteiger partial charge in [0.2, 0.25) is 6.79 Å². The van der Waals surface area contributed by atoms with Crippen molar-refractivity contribution in [3.63, 3.8) is 0 Å². The maximum absolute atomic E-state index is 13.6. The number of aromatic nitrogens is 2. The third kappa shape index (κ3) is 5.01. The van der Waals surface area contributed by atoms with Gasteiger partial charge in [0.15, 0.2) is 23.2 Å². The molecule has 0 aliphatic carbocycles. The molecular formula is C25H22N4O6S. The highest BCUT2D eigenvalue weighted by Gasteiger charge is 2.35. The van der Waals surface area contributed by atoms with Crippen molar-refractivity contribution in [2.75, 3.05) is 13.9 Å². The van der Waals surface area contributed by atoms with E-state index >= 15 is 0 Å². The fourth-order valence-corrected chi connectivity index (χ4v) is 4.25. The molecular weight excluding hydrogens is 484 g/mol. The van der Waals surface area contributed by atoms with Crippen LogP contribution in [0.5, 0.6) is 17.2 Å². The number of hydrogen-bond acceptors (Lipinski definition) is 9. The summed E-state index contributed by atoms with van der Waals surface area (Å²) in [5.74, 6) is 1.43. The Kier molecular flexibility index (Phi) is 6.80. The lowest BCUT2D eigenvalue weighted by Gasteiger charge is -2.29. The predicted octanol–water partition coefficient (Wildman–Crippen LogP) is 3.57. The number of fused-ring (bicyclic) bond motifs is 1. The number of carbonyl (C=O) groups excluding carboxylic acids is 2. The van der Waals surface area contributed by atoms with Crippen LogP contribution in [-0.2, 0) is 17.9 Å². The number of furan rings is 1. The number of amides is 2. The second-order valence-electron chi connectivity index (χ2n) is 7.89. The Labute approximate surface area is 210 Å². The first-order chi connectivity index (χ1) is 17.6. The van der Waals surface area contributed by atoms with E-state index in [0.29, 0.717) is 23.0 Å². The van der Waals surface area contributed by atoms with Crippen LogP contribution in [0.25, 0.3) is 0 Å². The fourth-order valence-electron chi connectivity index (χ4n) is 3.82. The maximum atomic E-state index is 13.6. The van der Waals surface area contributed by atoms with Gasteiger partial charge in [0.1, 0.15) is 11.5 Å². The van der Waals surface area contributed by atoms with Crippen LogP contribution >= 0.6 is 11.5 Å². The first-order valence-corrected chi connectivity index (χ1v) is 11.9. The molecule has 11 heteroatoms. The largest absolute Gasteiger partial charge is 0.497 e. The van der Waals surface area contributed by atoms with E-state index in [0.717, 1.165) is 22.7 Å². The highest BCUT2D eigenvalue weighted by atomic mass is 32.1. The lowest BCUT2D eigenvalue weighted by atomic mass is 10.1. The Morgan fingerprint density at radius 1 is 1.11 bits per heavy atom. The quantitative estimate of drug-likeness (QED) is 0.366. The van der Waals surface area contributed by atoms with E-state index < -0.39 is 17.9 Å². The normalized spacial score (nSPS) is 12.7.